The van der Waals surface area contributed by atoms with Gasteiger partial charge in [0.1, 0.15) is 0 Å². The Labute approximate surface area is 255 Å². The number of aromatic nitrogens is 2. The number of ether oxygens (including phenoxy) is 1. The van der Waals surface area contributed by atoms with Crippen LogP contribution >= 0.6 is 11.3 Å². The standard InChI is InChI=1S/C34H33N3O4S2/c1-34(2)19-29-32(31(38)20-34)42-33(35-29)36-15-16-41-22-25(36)18-23-9-8-10-24(17-23)28-21-37(30-14-7-6-13-27(28)30)43(39,40)26-11-4-3-5-12-26/h3-14,17,21,25H,15-16,18-20,22H2,1-2H3/t25-/m0/s1. The van der Waals surface area contributed by atoms with Crippen LogP contribution in [0.4, 0.5) is 5.13 Å². The molecule has 2 aromatic heterocycles. The summed E-state index contributed by atoms with van der Waals surface area (Å²) in [5.41, 5.74) is 4.45. The minimum Gasteiger partial charge on any atom is -0.377 e. The number of hydrogen-bond donors (Lipinski definition) is 0. The molecule has 0 radical (unpaired) electrons. The van der Waals surface area contributed by atoms with Crippen LogP contribution in [0.5, 0.6) is 0 Å². The van der Waals surface area contributed by atoms with Crippen LogP contribution in [-0.2, 0) is 27.6 Å². The SMILES string of the molecule is CC1(C)CC(=O)c2sc(N3CCOC[C@@H]3Cc3cccc(-c4cn(S(=O)(=O)c5ccccc5)c5ccccc45)c3)nc2C1. The lowest BCUT2D eigenvalue weighted by atomic mass is 9.78. The van der Waals surface area contributed by atoms with Crippen LogP contribution in [-0.4, -0.2) is 49.0 Å². The second kappa shape index (κ2) is 10.7. The van der Waals surface area contributed by atoms with Gasteiger partial charge in [0.15, 0.2) is 10.9 Å². The van der Waals surface area contributed by atoms with Crippen LogP contribution in [0.15, 0.2) is 90.0 Å². The van der Waals surface area contributed by atoms with Gasteiger partial charge in [-0.15, -0.1) is 0 Å². The molecular weight excluding hydrogens is 579 g/mol. The molecule has 7 rings (SSSR count). The van der Waals surface area contributed by atoms with E-state index in [1.165, 1.54) is 15.3 Å². The Morgan fingerprint density at radius 2 is 1.79 bits per heavy atom. The smallest absolute Gasteiger partial charge is 0.268 e. The fourth-order valence-corrected chi connectivity index (χ4v) is 8.84. The number of hydrogen-bond acceptors (Lipinski definition) is 7. The van der Waals surface area contributed by atoms with E-state index < -0.39 is 10.0 Å². The van der Waals surface area contributed by atoms with Gasteiger partial charge in [-0.05, 0) is 47.6 Å². The predicted octanol–water partition coefficient (Wildman–Crippen LogP) is 6.60. The summed E-state index contributed by atoms with van der Waals surface area (Å²) in [5, 5.41) is 1.78. The highest BCUT2D eigenvalue weighted by molar-refractivity contribution is 7.90. The van der Waals surface area contributed by atoms with Crippen molar-refractivity contribution in [2.45, 2.75) is 44.0 Å². The Kier molecular flexibility index (Phi) is 6.99. The van der Waals surface area contributed by atoms with Crippen molar-refractivity contribution in [3.05, 3.63) is 101 Å². The molecule has 0 saturated carbocycles. The van der Waals surface area contributed by atoms with E-state index in [1.807, 2.05) is 42.5 Å². The highest BCUT2D eigenvalue weighted by Gasteiger charge is 2.36. The molecule has 1 aliphatic heterocycles. The number of carbonyl (C=O) groups is 1. The molecule has 1 aliphatic carbocycles. The van der Waals surface area contributed by atoms with Crippen molar-refractivity contribution in [3.63, 3.8) is 0 Å². The normalized spacial score (nSPS) is 18.6. The van der Waals surface area contributed by atoms with Gasteiger partial charge in [-0.3, -0.25) is 4.79 Å². The lowest BCUT2D eigenvalue weighted by Gasteiger charge is -2.35. The van der Waals surface area contributed by atoms with Gasteiger partial charge in [-0.2, -0.15) is 0 Å². The van der Waals surface area contributed by atoms with Gasteiger partial charge in [0.25, 0.3) is 10.0 Å². The molecule has 0 N–H and O–H groups in total. The van der Waals surface area contributed by atoms with Crippen LogP contribution < -0.4 is 4.90 Å². The summed E-state index contributed by atoms with van der Waals surface area (Å²) in [6, 6.07) is 24.5. The third-order valence-corrected chi connectivity index (χ3v) is 11.2. The Bertz CT molecular complexity index is 1940. The summed E-state index contributed by atoms with van der Waals surface area (Å²) in [7, 11) is -3.77. The molecule has 0 spiro atoms. The van der Waals surface area contributed by atoms with Crippen molar-refractivity contribution in [2.24, 2.45) is 5.41 Å². The molecule has 1 fully saturated rings. The molecule has 7 nitrogen and oxygen atoms in total. The number of nitrogens with zero attached hydrogens (tertiary/aromatic N) is 3. The summed E-state index contributed by atoms with van der Waals surface area (Å²) < 4.78 is 34.6. The van der Waals surface area contributed by atoms with E-state index in [2.05, 4.69) is 30.9 Å². The van der Waals surface area contributed by atoms with E-state index in [1.54, 1.807) is 30.5 Å². The first-order valence-electron chi connectivity index (χ1n) is 14.6. The highest BCUT2D eigenvalue weighted by atomic mass is 32.2. The third kappa shape index (κ3) is 5.19. The van der Waals surface area contributed by atoms with Crippen molar-refractivity contribution < 1.29 is 17.9 Å². The first kappa shape index (κ1) is 28.0. The van der Waals surface area contributed by atoms with Crippen LogP contribution in [0.3, 0.4) is 0 Å². The van der Waals surface area contributed by atoms with Crippen molar-refractivity contribution in [2.75, 3.05) is 24.7 Å². The lowest BCUT2D eigenvalue weighted by molar-refractivity contribution is 0.0915. The van der Waals surface area contributed by atoms with Crippen LogP contribution in [0, 0.1) is 5.41 Å². The van der Waals surface area contributed by atoms with E-state index >= 15 is 0 Å². The number of para-hydroxylation sites is 1. The zero-order valence-corrected chi connectivity index (χ0v) is 25.8. The number of thiazole rings is 1. The van der Waals surface area contributed by atoms with Gasteiger partial charge in [-0.25, -0.2) is 17.4 Å². The summed E-state index contributed by atoms with van der Waals surface area (Å²) in [6.07, 6.45) is 3.85. The van der Waals surface area contributed by atoms with Crippen LogP contribution in [0.25, 0.3) is 22.0 Å². The number of ketones is 1. The maximum Gasteiger partial charge on any atom is 0.268 e. The summed E-state index contributed by atoms with van der Waals surface area (Å²) in [5.74, 6) is 0.195. The molecule has 0 unspecified atom stereocenters. The molecule has 0 amide bonds. The van der Waals surface area contributed by atoms with E-state index in [-0.39, 0.29) is 22.1 Å². The Morgan fingerprint density at radius 1 is 1.00 bits per heavy atom. The summed E-state index contributed by atoms with van der Waals surface area (Å²) in [4.78, 5) is 21.2. The first-order valence-corrected chi connectivity index (χ1v) is 16.8. The van der Waals surface area contributed by atoms with E-state index in [0.29, 0.717) is 25.2 Å². The molecule has 2 aliphatic rings. The number of fused-ring (bicyclic) bond motifs is 2. The molecule has 5 aromatic rings. The van der Waals surface area contributed by atoms with Gasteiger partial charge < -0.3 is 9.64 Å². The average Bonchev–Trinajstić information content (AvgIpc) is 3.60. The second-order valence-electron chi connectivity index (χ2n) is 12.2. The number of anilines is 1. The lowest BCUT2D eigenvalue weighted by Crippen LogP contribution is -2.46. The van der Waals surface area contributed by atoms with Crippen LogP contribution in [0.2, 0.25) is 0 Å². The van der Waals surface area contributed by atoms with Gasteiger partial charge in [0.2, 0.25) is 0 Å². The van der Waals surface area contributed by atoms with Gasteiger partial charge >= 0.3 is 0 Å². The minimum absolute atomic E-state index is 0.0656. The molecule has 3 heterocycles. The van der Waals surface area contributed by atoms with Crippen molar-refractivity contribution in [1.29, 1.82) is 0 Å². The number of carbonyl (C=O) groups excluding carboxylic acids is 1. The van der Waals surface area contributed by atoms with Gasteiger partial charge in [0, 0.05) is 30.1 Å². The largest absolute Gasteiger partial charge is 0.377 e. The van der Waals surface area contributed by atoms with Crippen LogP contribution in [0.1, 0.15) is 41.2 Å². The minimum atomic E-state index is -3.77. The monoisotopic (exact) mass is 611 g/mol. The maximum atomic E-state index is 13.6. The molecule has 0 bridgehead atoms. The quantitative estimate of drug-likeness (QED) is 0.215. The predicted molar refractivity (Wildman–Crippen MR) is 171 cm³/mol. The Morgan fingerprint density at radius 3 is 2.63 bits per heavy atom. The third-order valence-electron chi connectivity index (χ3n) is 8.38. The average molecular weight is 612 g/mol. The van der Waals surface area contributed by atoms with Crippen molar-refractivity contribution >= 4 is 43.2 Å². The summed E-state index contributed by atoms with van der Waals surface area (Å²) in [6.45, 7) is 6.18. The zero-order valence-electron chi connectivity index (χ0n) is 24.2. The maximum absolute atomic E-state index is 13.6. The highest BCUT2D eigenvalue weighted by Crippen LogP contribution is 2.40. The molecule has 43 heavy (non-hydrogen) atoms. The van der Waals surface area contributed by atoms with Crippen molar-refractivity contribution in [3.8, 4) is 11.1 Å². The molecule has 9 heteroatoms. The molecular formula is C34H33N3O4S2. The second-order valence-corrected chi connectivity index (χ2v) is 15.0. The fraction of sp³-hybridized carbons (Fsp3) is 0.294. The molecule has 1 atom stereocenters. The van der Waals surface area contributed by atoms with E-state index in [9.17, 15) is 13.2 Å². The summed E-state index contributed by atoms with van der Waals surface area (Å²) >= 11 is 1.52. The van der Waals surface area contributed by atoms with Crippen molar-refractivity contribution in [1.82, 2.24) is 8.96 Å². The molecule has 3 aromatic carbocycles. The van der Waals surface area contributed by atoms with Gasteiger partial charge in [0.05, 0.1) is 40.2 Å². The van der Waals surface area contributed by atoms with E-state index in [0.717, 1.165) is 57.2 Å². The Hall–Kier alpha value is -3.79. The number of benzene rings is 3. The molecule has 220 valence electrons. The number of Topliss-reactive ketones (excluding diaryl/α,β-unsaturated/α-hetero) is 1. The fourth-order valence-electron chi connectivity index (χ4n) is 6.33. The van der Waals surface area contributed by atoms with E-state index in [4.69, 9.17) is 9.72 Å². The number of rotatable bonds is 6. The topological polar surface area (TPSA) is 81.5 Å². The Balaban J connectivity index is 1.21. The zero-order chi connectivity index (χ0) is 29.8. The van der Waals surface area contributed by atoms with Gasteiger partial charge in [-0.1, -0.05) is 85.8 Å². The first-order chi connectivity index (χ1) is 20.7. The molecule has 1 saturated heterocycles. The number of morpholine rings is 1.